The molecule has 0 amide bonds. The number of anilines is 1. The molecule has 2 aromatic carbocycles. The summed E-state index contributed by atoms with van der Waals surface area (Å²) in [6, 6.07) is 17.8. The molecule has 0 aliphatic heterocycles. The fourth-order valence-corrected chi connectivity index (χ4v) is 2.96. The van der Waals surface area contributed by atoms with Crippen LogP contribution in [-0.2, 0) is 6.54 Å². The molecule has 4 aromatic rings. The molecule has 29 heavy (non-hydrogen) atoms. The van der Waals surface area contributed by atoms with Crippen LogP contribution in [0.1, 0.15) is 11.1 Å². The van der Waals surface area contributed by atoms with Crippen LogP contribution in [-0.4, -0.2) is 26.9 Å². The highest BCUT2D eigenvalue weighted by molar-refractivity contribution is 5.57. The lowest BCUT2D eigenvalue weighted by Crippen LogP contribution is -2.07. The molecule has 0 saturated heterocycles. The molecule has 0 spiro atoms. The van der Waals surface area contributed by atoms with Crippen LogP contribution in [0.25, 0.3) is 17.2 Å². The van der Waals surface area contributed by atoms with Crippen molar-refractivity contribution in [2.45, 2.75) is 13.5 Å². The van der Waals surface area contributed by atoms with Gasteiger partial charge in [-0.3, -0.25) is 4.98 Å². The van der Waals surface area contributed by atoms with Crippen molar-refractivity contribution >= 4 is 5.95 Å². The number of ether oxygens (including phenoxy) is 1. The zero-order valence-corrected chi connectivity index (χ0v) is 16.1. The Morgan fingerprint density at radius 1 is 1.07 bits per heavy atom. The van der Waals surface area contributed by atoms with Gasteiger partial charge in [0.2, 0.25) is 11.8 Å². The Hall–Kier alpha value is -3.74. The van der Waals surface area contributed by atoms with Gasteiger partial charge in [-0.25, -0.2) is 4.39 Å². The Morgan fingerprint density at radius 2 is 1.90 bits per heavy atom. The second-order valence-corrected chi connectivity index (χ2v) is 6.52. The first kappa shape index (κ1) is 18.6. The van der Waals surface area contributed by atoms with Crippen molar-refractivity contribution in [1.82, 2.24) is 19.7 Å². The molecule has 0 saturated carbocycles. The zero-order chi connectivity index (χ0) is 20.2. The lowest BCUT2D eigenvalue weighted by atomic mass is 10.2. The second-order valence-electron chi connectivity index (χ2n) is 6.52. The number of halogens is 1. The van der Waals surface area contributed by atoms with Gasteiger partial charge in [-0.2, -0.15) is 9.67 Å². The predicted molar refractivity (Wildman–Crippen MR) is 110 cm³/mol. The van der Waals surface area contributed by atoms with E-state index < -0.39 is 0 Å². The fourth-order valence-electron chi connectivity index (χ4n) is 2.96. The second kappa shape index (κ2) is 8.10. The van der Waals surface area contributed by atoms with Gasteiger partial charge in [-0.15, -0.1) is 5.10 Å². The molecule has 0 aliphatic rings. The Morgan fingerprint density at radius 3 is 2.62 bits per heavy atom. The highest BCUT2D eigenvalue weighted by Gasteiger charge is 2.16. The van der Waals surface area contributed by atoms with Crippen LogP contribution in [0.5, 0.6) is 5.75 Å². The summed E-state index contributed by atoms with van der Waals surface area (Å²) < 4.78 is 20.6. The number of rotatable bonds is 6. The fraction of sp³-hybridized carbons (Fsp3) is 0.136. The minimum absolute atomic E-state index is 0.338. The molecule has 4 rings (SSSR count). The van der Waals surface area contributed by atoms with Crippen LogP contribution < -0.4 is 10.1 Å². The number of methoxy groups -OCH3 is 1. The summed E-state index contributed by atoms with van der Waals surface area (Å²) in [6.45, 7) is 2.48. The number of pyridine rings is 1. The van der Waals surface area contributed by atoms with Gasteiger partial charge in [0.1, 0.15) is 17.3 Å². The maximum absolute atomic E-state index is 13.8. The summed E-state index contributed by atoms with van der Waals surface area (Å²) >= 11 is 0. The molecule has 0 unspecified atom stereocenters. The van der Waals surface area contributed by atoms with Gasteiger partial charge in [0, 0.05) is 12.7 Å². The van der Waals surface area contributed by atoms with Crippen molar-refractivity contribution in [3.05, 3.63) is 83.8 Å². The number of aromatic nitrogens is 4. The SMILES string of the molecule is COc1ccc(CNc2nc(-c3ncccc3C)nn2-c2cccc(F)c2)cc1. The highest BCUT2D eigenvalue weighted by Crippen LogP contribution is 2.23. The third-order valence-corrected chi connectivity index (χ3v) is 4.49. The molecule has 146 valence electrons. The van der Waals surface area contributed by atoms with Crippen molar-refractivity contribution in [2.75, 3.05) is 12.4 Å². The van der Waals surface area contributed by atoms with Crippen LogP contribution in [0.3, 0.4) is 0 Å². The molecule has 7 heteroatoms. The topological polar surface area (TPSA) is 64.9 Å². The average Bonchev–Trinajstić information content (AvgIpc) is 3.17. The molecule has 0 bridgehead atoms. The molecular weight excluding hydrogens is 369 g/mol. The first-order valence-corrected chi connectivity index (χ1v) is 9.16. The van der Waals surface area contributed by atoms with E-state index in [0.717, 1.165) is 16.9 Å². The number of nitrogens with one attached hydrogen (secondary N) is 1. The summed E-state index contributed by atoms with van der Waals surface area (Å²) in [4.78, 5) is 9.02. The van der Waals surface area contributed by atoms with Crippen LogP contribution in [0.15, 0.2) is 66.9 Å². The van der Waals surface area contributed by atoms with Crippen molar-refractivity contribution in [3.63, 3.8) is 0 Å². The summed E-state index contributed by atoms with van der Waals surface area (Å²) in [5.74, 6) is 1.44. The highest BCUT2D eigenvalue weighted by atomic mass is 19.1. The summed E-state index contributed by atoms with van der Waals surface area (Å²) in [5, 5.41) is 7.88. The Kier molecular flexibility index (Phi) is 5.20. The van der Waals surface area contributed by atoms with E-state index in [4.69, 9.17) is 4.74 Å². The molecule has 1 N–H and O–H groups in total. The summed E-state index contributed by atoms with van der Waals surface area (Å²) in [6.07, 6.45) is 1.70. The number of nitrogens with zero attached hydrogens (tertiary/aromatic N) is 4. The van der Waals surface area contributed by atoms with Crippen LogP contribution in [0.4, 0.5) is 10.3 Å². The molecule has 0 aliphatic carbocycles. The quantitative estimate of drug-likeness (QED) is 0.530. The summed E-state index contributed by atoms with van der Waals surface area (Å²) in [7, 11) is 1.63. The van der Waals surface area contributed by atoms with Crippen molar-refractivity contribution in [2.24, 2.45) is 0 Å². The van der Waals surface area contributed by atoms with E-state index in [-0.39, 0.29) is 5.82 Å². The van der Waals surface area contributed by atoms with Crippen molar-refractivity contribution < 1.29 is 9.13 Å². The Bertz CT molecular complexity index is 1120. The zero-order valence-electron chi connectivity index (χ0n) is 16.1. The standard InChI is InChI=1S/C22H20FN5O/c1-15-5-4-12-24-20(15)21-26-22(25-14-16-8-10-19(29-2)11-9-16)28(27-21)18-7-3-6-17(23)13-18/h3-13H,14H2,1-2H3,(H,25,26,27). The number of benzene rings is 2. The third kappa shape index (κ3) is 4.08. The van der Waals surface area contributed by atoms with E-state index in [1.807, 2.05) is 43.3 Å². The molecule has 0 atom stereocenters. The third-order valence-electron chi connectivity index (χ3n) is 4.49. The lowest BCUT2D eigenvalue weighted by molar-refractivity contribution is 0.414. The van der Waals surface area contributed by atoms with Gasteiger partial charge < -0.3 is 10.1 Å². The monoisotopic (exact) mass is 389 g/mol. The van der Waals surface area contributed by atoms with E-state index in [2.05, 4.69) is 20.4 Å². The Balaban J connectivity index is 1.69. The van der Waals surface area contributed by atoms with Gasteiger partial charge >= 0.3 is 0 Å². The van der Waals surface area contributed by atoms with Gasteiger partial charge in [0.05, 0.1) is 12.8 Å². The average molecular weight is 389 g/mol. The number of hydrogen-bond acceptors (Lipinski definition) is 5. The maximum atomic E-state index is 13.8. The number of aryl methyl sites for hydroxylation is 1. The number of hydrogen-bond donors (Lipinski definition) is 1. The van der Waals surface area contributed by atoms with Gasteiger partial charge in [-0.05, 0) is 54.4 Å². The maximum Gasteiger partial charge on any atom is 0.226 e. The predicted octanol–water partition coefficient (Wildman–Crippen LogP) is 4.40. The van der Waals surface area contributed by atoms with Gasteiger partial charge in [0.15, 0.2) is 0 Å². The molecule has 0 radical (unpaired) electrons. The molecule has 2 heterocycles. The van der Waals surface area contributed by atoms with Gasteiger partial charge in [-0.1, -0.05) is 24.3 Å². The van der Waals surface area contributed by atoms with Crippen molar-refractivity contribution in [1.29, 1.82) is 0 Å². The van der Waals surface area contributed by atoms with Crippen molar-refractivity contribution in [3.8, 4) is 23.0 Å². The smallest absolute Gasteiger partial charge is 0.226 e. The first-order valence-electron chi connectivity index (χ1n) is 9.16. The molecule has 0 fully saturated rings. The minimum Gasteiger partial charge on any atom is -0.497 e. The first-order chi connectivity index (χ1) is 14.1. The van der Waals surface area contributed by atoms with Crippen LogP contribution >= 0.6 is 0 Å². The molecule has 2 aromatic heterocycles. The van der Waals surface area contributed by atoms with E-state index in [0.29, 0.717) is 29.7 Å². The largest absolute Gasteiger partial charge is 0.497 e. The molecule has 6 nitrogen and oxygen atoms in total. The van der Waals surface area contributed by atoms with E-state index in [1.54, 1.807) is 30.1 Å². The summed E-state index contributed by atoms with van der Waals surface area (Å²) in [5.41, 5.74) is 3.28. The van der Waals surface area contributed by atoms with E-state index >= 15 is 0 Å². The van der Waals surface area contributed by atoms with Crippen LogP contribution in [0, 0.1) is 12.7 Å². The van der Waals surface area contributed by atoms with Gasteiger partial charge in [0.25, 0.3) is 0 Å². The molecular formula is C22H20FN5O. The lowest BCUT2D eigenvalue weighted by Gasteiger charge is -2.09. The normalized spacial score (nSPS) is 10.7. The van der Waals surface area contributed by atoms with Crippen LogP contribution in [0.2, 0.25) is 0 Å². The minimum atomic E-state index is -0.338. The Labute approximate surface area is 168 Å². The van der Waals surface area contributed by atoms with E-state index in [9.17, 15) is 4.39 Å². The van der Waals surface area contributed by atoms with E-state index in [1.165, 1.54) is 12.1 Å².